The summed E-state index contributed by atoms with van der Waals surface area (Å²) in [4.78, 5) is 29.5. The van der Waals surface area contributed by atoms with Gasteiger partial charge >= 0.3 is 12.0 Å². The van der Waals surface area contributed by atoms with E-state index in [1.54, 1.807) is 53.5 Å². The van der Waals surface area contributed by atoms with Crippen LogP contribution in [0.15, 0.2) is 66.9 Å². The second-order valence-electron chi connectivity index (χ2n) is 9.61. The number of aromatic nitrogens is 1. The summed E-state index contributed by atoms with van der Waals surface area (Å²) in [6.45, 7) is 2.42. The van der Waals surface area contributed by atoms with Crippen LogP contribution in [0.25, 0.3) is 5.00 Å². The number of hydrogen-bond donors (Lipinski definition) is 1. The molecular weight excluding hydrogens is 501 g/mol. The molecule has 0 saturated heterocycles. The van der Waals surface area contributed by atoms with Gasteiger partial charge in [0.25, 0.3) is 0 Å². The highest BCUT2D eigenvalue weighted by atomic mass is 32.1. The molecule has 2 aromatic heterocycles. The number of nitrogens with zero attached hydrogens (tertiary/aromatic N) is 2. The van der Waals surface area contributed by atoms with Gasteiger partial charge in [0.05, 0.1) is 30.5 Å². The molecule has 0 spiro atoms. The van der Waals surface area contributed by atoms with Gasteiger partial charge in [-0.1, -0.05) is 18.2 Å². The van der Waals surface area contributed by atoms with E-state index >= 15 is 0 Å². The zero-order valence-corrected chi connectivity index (χ0v) is 21.9. The first-order valence-electron chi connectivity index (χ1n) is 12.9. The van der Waals surface area contributed by atoms with Crippen molar-refractivity contribution in [2.45, 2.75) is 45.2 Å². The molecule has 4 aromatic rings. The first-order valence-corrected chi connectivity index (χ1v) is 13.8. The normalized spacial score (nSPS) is 16.2. The molecule has 1 aliphatic carbocycles. The van der Waals surface area contributed by atoms with Crippen molar-refractivity contribution in [1.29, 1.82) is 0 Å². The summed E-state index contributed by atoms with van der Waals surface area (Å²) in [5.41, 5.74) is 4.97. The third kappa shape index (κ3) is 4.39. The van der Waals surface area contributed by atoms with Crippen LogP contribution in [0.2, 0.25) is 0 Å². The first-order chi connectivity index (χ1) is 18.5. The second kappa shape index (κ2) is 10.1. The van der Waals surface area contributed by atoms with Crippen LogP contribution < -0.4 is 5.32 Å². The number of anilines is 1. The van der Waals surface area contributed by atoms with E-state index in [4.69, 9.17) is 4.74 Å². The number of thiophene rings is 1. The molecule has 38 heavy (non-hydrogen) atoms. The van der Waals surface area contributed by atoms with Crippen molar-refractivity contribution in [3.63, 3.8) is 0 Å². The van der Waals surface area contributed by atoms with Crippen molar-refractivity contribution in [2.75, 3.05) is 11.9 Å². The molecule has 1 N–H and O–H groups in total. The van der Waals surface area contributed by atoms with Crippen molar-refractivity contribution < 1.29 is 18.7 Å². The summed E-state index contributed by atoms with van der Waals surface area (Å²) in [7, 11) is 0. The summed E-state index contributed by atoms with van der Waals surface area (Å²) in [6, 6.07) is 16.3. The van der Waals surface area contributed by atoms with Crippen molar-refractivity contribution in [2.24, 2.45) is 0 Å². The number of hydrogen-bond acceptors (Lipinski definition) is 4. The lowest BCUT2D eigenvalue weighted by Crippen LogP contribution is -2.38. The molecule has 1 unspecified atom stereocenters. The topological polar surface area (TPSA) is 63.6 Å². The standard InChI is InChI=1S/C30H28FN3O3S/c1-2-37-29(35)20-9-6-11-22(17-20)32-30(36)34-18-24-23-12-3-4-14-26(23)38-28(24)33-15-7-13-25(33)27(34)19-8-5-10-21(31)16-19/h5-11,13,15-17,27H,2-4,12,14,18H2,1H3,(H,32,36). The lowest BCUT2D eigenvalue weighted by Gasteiger charge is -2.31. The summed E-state index contributed by atoms with van der Waals surface area (Å²) in [5, 5.41) is 4.13. The minimum absolute atomic E-state index is 0.269. The lowest BCUT2D eigenvalue weighted by molar-refractivity contribution is 0.0526. The number of rotatable bonds is 4. The average Bonchev–Trinajstić information content (AvgIpc) is 3.51. The number of halogens is 1. The molecule has 0 bridgehead atoms. The molecule has 1 aliphatic heterocycles. The van der Waals surface area contributed by atoms with E-state index in [-0.39, 0.29) is 18.5 Å². The molecule has 6 rings (SSSR count). The molecule has 2 aliphatic rings. The van der Waals surface area contributed by atoms with E-state index in [1.165, 1.54) is 29.0 Å². The van der Waals surface area contributed by atoms with Gasteiger partial charge in [0.15, 0.2) is 0 Å². The van der Waals surface area contributed by atoms with Crippen LogP contribution in [0.5, 0.6) is 0 Å². The number of urea groups is 1. The molecule has 2 aromatic carbocycles. The van der Waals surface area contributed by atoms with Gasteiger partial charge in [-0.25, -0.2) is 14.0 Å². The fraction of sp³-hybridized carbons (Fsp3) is 0.267. The van der Waals surface area contributed by atoms with Crippen molar-refractivity contribution >= 4 is 29.0 Å². The molecule has 2 amide bonds. The SMILES string of the molecule is CCOC(=O)c1cccc(NC(=O)N2Cc3c(sc4c3CCCC4)-n3cccc3C2c2cccc(F)c2)c1. The summed E-state index contributed by atoms with van der Waals surface area (Å²) in [5.74, 6) is -0.789. The summed E-state index contributed by atoms with van der Waals surface area (Å²) in [6.07, 6.45) is 6.41. The molecule has 0 saturated carbocycles. The summed E-state index contributed by atoms with van der Waals surface area (Å²) >= 11 is 1.81. The van der Waals surface area contributed by atoms with E-state index in [0.717, 1.165) is 35.5 Å². The molecule has 6 nitrogen and oxygen atoms in total. The van der Waals surface area contributed by atoms with E-state index in [0.29, 0.717) is 23.4 Å². The highest BCUT2D eigenvalue weighted by molar-refractivity contribution is 7.15. The Morgan fingerprint density at radius 1 is 1.05 bits per heavy atom. The molecular formula is C30H28FN3O3S. The lowest BCUT2D eigenvalue weighted by atomic mass is 9.95. The number of carbonyl (C=O) groups is 2. The number of fused-ring (bicyclic) bond motifs is 5. The van der Waals surface area contributed by atoms with Crippen LogP contribution in [0, 0.1) is 5.82 Å². The highest BCUT2D eigenvalue weighted by Crippen LogP contribution is 2.44. The molecule has 0 radical (unpaired) electrons. The maximum absolute atomic E-state index is 14.4. The maximum atomic E-state index is 14.4. The maximum Gasteiger partial charge on any atom is 0.338 e. The van der Waals surface area contributed by atoms with Gasteiger partial charge in [-0.15, -0.1) is 11.3 Å². The molecule has 194 valence electrons. The molecule has 3 heterocycles. The van der Waals surface area contributed by atoms with Crippen LogP contribution in [-0.4, -0.2) is 28.1 Å². The van der Waals surface area contributed by atoms with Crippen LogP contribution in [0.1, 0.15) is 63.4 Å². The Kier molecular flexibility index (Phi) is 6.49. The zero-order valence-electron chi connectivity index (χ0n) is 21.1. The number of nitrogens with one attached hydrogen (secondary N) is 1. The first kappa shape index (κ1) is 24.4. The van der Waals surface area contributed by atoms with Gasteiger partial charge in [-0.2, -0.15) is 0 Å². The fourth-order valence-corrected chi connectivity index (χ4v) is 6.95. The van der Waals surface area contributed by atoms with E-state index in [9.17, 15) is 14.0 Å². The van der Waals surface area contributed by atoms with Crippen LogP contribution in [0.3, 0.4) is 0 Å². The number of esters is 1. The third-order valence-corrected chi connectivity index (χ3v) is 8.56. The Morgan fingerprint density at radius 2 is 1.89 bits per heavy atom. The number of ether oxygens (including phenoxy) is 1. The van der Waals surface area contributed by atoms with Gasteiger partial charge in [0.2, 0.25) is 0 Å². The van der Waals surface area contributed by atoms with E-state index in [2.05, 4.69) is 9.88 Å². The largest absolute Gasteiger partial charge is 0.462 e. The predicted octanol–water partition coefficient (Wildman–Crippen LogP) is 6.87. The van der Waals surface area contributed by atoms with Gasteiger partial charge in [-0.3, -0.25) is 0 Å². The van der Waals surface area contributed by atoms with Crippen LogP contribution >= 0.6 is 11.3 Å². The molecule has 8 heteroatoms. The second-order valence-corrected chi connectivity index (χ2v) is 10.7. The minimum atomic E-state index is -0.507. The number of benzene rings is 2. The van der Waals surface area contributed by atoms with Gasteiger partial charge in [-0.05, 0) is 86.2 Å². The van der Waals surface area contributed by atoms with Crippen molar-refractivity contribution in [3.8, 4) is 5.00 Å². The predicted molar refractivity (Wildman–Crippen MR) is 145 cm³/mol. The van der Waals surface area contributed by atoms with Crippen LogP contribution in [-0.2, 0) is 24.1 Å². The van der Waals surface area contributed by atoms with Gasteiger partial charge in [0.1, 0.15) is 10.8 Å². The Hall–Kier alpha value is -3.91. The zero-order chi connectivity index (χ0) is 26.2. The minimum Gasteiger partial charge on any atom is -0.462 e. The fourth-order valence-electron chi connectivity index (χ4n) is 5.55. The van der Waals surface area contributed by atoms with Crippen LogP contribution in [0.4, 0.5) is 14.9 Å². The quantitative estimate of drug-likeness (QED) is 0.294. The summed E-state index contributed by atoms with van der Waals surface area (Å²) < 4.78 is 21.7. The highest BCUT2D eigenvalue weighted by Gasteiger charge is 2.36. The van der Waals surface area contributed by atoms with Gasteiger partial charge < -0.3 is 19.5 Å². The third-order valence-electron chi connectivity index (χ3n) is 7.23. The monoisotopic (exact) mass is 529 g/mol. The smallest absolute Gasteiger partial charge is 0.338 e. The van der Waals surface area contributed by atoms with E-state index < -0.39 is 12.0 Å². The Morgan fingerprint density at radius 3 is 2.74 bits per heavy atom. The van der Waals surface area contributed by atoms with Crippen molar-refractivity contribution in [3.05, 3.63) is 106 Å². The Labute approximate surface area is 224 Å². The van der Waals surface area contributed by atoms with Crippen molar-refractivity contribution in [1.82, 2.24) is 9.47 Å². The number of amides is 2. The Bertz CT molecular complexity index is 1520. The number of aryl methyl sites for hydroxylation is 1. The average molecular weight is 530 g/mol. The van der Waals surface area contributed by atoms with Gasteiger partial charge in [0, 0.05) is 22.3 Å². The number of carbonyl (C=O) groups excluding carboxylic acids is 2. The Balaban J connectivity index is 1.44. The van der Waals surface area contributed by atoms with E-state index in [1.807, 2.05) is 24.4 Å². The molecule has 1 atom stereocenters. The molecule has 0 fully saturated rings.